The minimum absolute atomic E-state index is 0.0664. The molecule has 3 heterocycles. The highest BCUT2D eigenvalue weighted by molar-refractivity contribution is 9.10. The molecule has 0 bridgehead atoms. The predicted molar refractivity (Wildman–Crippen MR) is 75.4 cm³/mol. The van der Waals surface area contributed by atoms with Crippen LogP contribution in [0.3, 0.4) is 0 Å². The van der Waals surface area contributed by atoms with Crippen LogP contribution in [-0.2, 0) is 0 Å². The van der Waals surface area contributed by atoms with E-state index in [1.807, 2.05) is 0 Å². The standard InChI is InChI=1S/C12H15BrN4O2/c1-7-10(17(18)19)4-15-12(11(7)13)16-5-8-2-14-3-9(8)6-16/h4,8-9,14H,2-3,5-6H2,1H3/t8-,9+. The molecule has 3 rings (SSSR count). The average molecular weight is 327 g/mol. The third kappa shape index (κ3) is 2.10. The van der Waals surface area contributed by atoms with E-state index >= 15 is 0 Å². The lowest BCUT2D eigenvalue weighted by atomic mass is 10.0. The van der Waals surface area contributed by atoms with Gasteiger partial charge < -0.3 is 10.2 Å². The Labute approximate surface area is 119 Å². The molecule has 102 valence electrons. The Morgan fingerprint density at radius 3 is 2.68 bits per heavy atom. The molecule has 2 atom stereocenters. The Hall–Kier alpha value is -1.21. The summed E-state index contributed by atoms with van der Waals surface area (Å²) in [5.74, 6) is 2.17. The predicted octanol–water partition coefficient (Wildman–Crippen LogP) is 1.72. The largest absolute Gasteiger partial charge is 0.355 e. The second-order valence-corrected chi connectivity index (χ2v) is 6.04. The van der Waals surface area contributed by atoms with Crippen molar-refractivity contribution in [1.29, 1.82) is 0 Å². The number of halogens is 1. The van der Waals surface area contributed by atoms with Gasteiger partial charge >= 0.3 is 0 Å². The number of fused-ring (bicyclic) bond motifs is 1. The summed E-state index contributed by atoms with van der Waals surface area (Å²) >= 11 is 3.46. The number of pyridine rings is 1. The molecule has 0 radical (unpaired) electrons. The van der Waals surface area contributed by atoms with Crippen LogP contribution in [0.5, 0.6) is 0 Å². The van der Waals surface area contributed by atoms with Crippen molar-refractivity contribution in [1.82, 2.24) is 10.3 Å². The molecule has 0 aliphatic carbocycles. The fourth-order valence-electron chi connectivity index (χ4n) is 2.99. The van der Waals surface area contributed by atoms with Gasteiger partial charge in [0.1, 0.15) is 12.0 Å². The van der Waals surface area contributed by atoms with E-state index in [1.54, 1.807) is 6.92 Å². The molecule has 1 N–H and O–H groups in total. The molecule has 1 aromatic heterocycles. The van der Waals surface area contributed by atoms with Gasteiger partial charge in [0, 0.05) is 31.7 Å². The van der Waals surface area contributed by atoms with Gasteiger partial charge in [-0.15, -0.1) is 0 Å². The molecule has 0 saturated carbocycles. The molecule has 1 aromatic rings. The molecule has 2 saturated heterocycles. The normalized spacial score (nSPS) is 25.7. The maximum atomic E-state index is 10.9. The van der Waals surface area contributed by atoms with Gasteiger partial charge in [-0.3, -0.25) is 10.1 Å². The molecular weight excluding hydrogens is 312 g/mol. The number of aromatic nitrogens is 1. The number of nitrogens with one attached hydrogen (secondary N) is 1. The van der Waals surface area contributed by atoms with Crippen molar-refractivity contribution < 1.29 is 4.92 Å². The first-order chi connectivity index (χ1) is 9.08. The number of hydrogen-bond donors (Lipinski definition) is 1. The second kappa shape index (κ2) is 4.72. The first-order valence-corrected chi connectivity index (χ1v) is 7.12. The maximum absolute atomic E-state index is 10.9. The Bertz CT molecular complexity index is 525. The van der Waals surface area contributed by atoms with Gasteiger partial charge in [0.15, 0.2) is 0 Å². The lowest BCUT2D eigenvalue weighted by Crippen LogP contribution is -2.26. The van der Waals surface area contributed by atoms with Crippen molar-refractivity contribution in [3.05, 3.63) is 26.3 Å². The highest BCUT2D eigenvalue weighted by atomic mass is 79.9. The molecule has 2 aliphatic rings. The molecular formula is C12H15BrN4O2. The van der Waals surface area contributed by atoms with Gasteiger partial charge in [-0.25, -0.2) is 4.98 Å². The van der Waals surface area contributed by atoms with E-state index in [2.05, 4.69) is 31.1 Å². The summed E-state index contributed by atoms with van der Waals surface area (Å²) in [4.78, 5) is 17.0. The van der Waals surface area contributed by atoms with Gasteiger partial charge in [0.2, 0.25) is 0 Å². The highest BCUT2D eigenvalue weighted by Crippen LogP contribution is 2.37. The summed E-state index contributed by atoms with van der Waals surface area (Å²) in [6, 6.07) is 0. The van der Waals surface area contributed by atoms with Crippen LogP contribution >= 0.6 is 15.9 Å². The van der Waals surface area contributed by atoms with E-state index in [9.17, 15) is 10.1 Å². The van der Waals surface area contributed by atoms with Crippen molar-refractivity contribution in [3.63, 3.8) is 0 Å². The van der Waals surface area contributed by atoms with Gasteiger partial charge in [0.05, 0.1) is 9.40 Å². The third-order valence-corrected chi connectivity index (χ3v) is 5.05. The molecule has 2 fully saturated rings. The summed E-state index contributed by atoms with van der Waals surface area (Å²) < 4.78 is 0.745. The fraction of sp³-hybridized carbons (Fsp3) is 0.583. The van der Waals surface area contributed by atoms with Gasteiger partial charge in [0.25, 0.3) is 5.69 Å². The summed E-state index contributed by atoms with van der Waals surface area (Å²) in [5, 5.41) is 14.3. The number of rotatable bonds is 2. The van der Waals surface area contributed by atoms with Crippen molar-refractivity contribution in [3.8, 4) is 0 Å². The summed E-state index contributed by atoms with van der Waals surface area (Å²) in [5.41, 5.74) is 0.710. The van der Waals surface area contributed by atoms with Crippen LogP contribution < -0.4 is 10.2 Å². The van der Waals surface area contributed by atoms with Gasteiger partial charge in [-0.2, -0.15) is 0 Å². The minimum Gasteiger partial charge on any atom is -0.355 e. The second-order valence-electron chi connectivity index (χ2n) is 5.25. The Kier molecular flexibility index (Phi) is 3.18. The molecule has 19 heavy (non-hydrogen) atoms. The lowest BCUT2D eigenvalue weighted by Gasteiger charge is -2.20. The highest BCUT2D eigenvalue weighted by Gasteiger charge is 2.37. The average Bonchev–Trinajstić information content (AvgIpc) is 2.92. The fourth-order valence-corrected chi connectivity index (χ4v) is 3.55. The molecule has 0 spiro atoms. The molecule has 0 amide bonds. The minimum atomic E-state index is -0.389. The third-order valence-electron chi connectivity index (χ3n) is 4.10. The van der Waals surface area contributed by atoms with E-state index in [-0.39, 0.29) is 10.6 Å². The lowest BCUT2D eigenvalue weighted by molar-refractivity contribution is -0.385. The SMILES string of the molecule is Cc1c([N+](=O)[O-])cnc(N2C[C@H]3CNC[C@H]3C2)c1Br. The van der Waals surface area contributed by atoms with Crippen LogP contribution in [0.1, 0.15) is 5.56 Å². The number of hydrogen-bond acceptors (Lipinski definition) is 5. The van der Waals surface area contributed by atoms with Crippen LogP contribution in [0.2, 0.25) is 0 Å². The first kappa shape index (κ1) is 12.8. The topological polar surface area (TPSA) is 71.3 Å². The van der Waals surface area contributed by atoms with Gasteiger partial charge in [-0.05, 0) is 34.7 Å². The first-order valence-electron chi connectivity index (χ1n) is 6.33. The zero-order valence-corrected chi connectivity index (χ0v) is 12.2. The molecule has 7 heteroatoms. The summed E-state index contributed by atoms with van der Waals surface area (Å²) in [6.07, 6.45) is 1.36. The monoisotopic (exact) mass is 326 g/mol. The molecule has 0 aromatic carbocycles. The number of anilines is 1. The van der Waals surface area contributed by atoms with E-state index in [0.717, 1.165) is 36.5 Å². The van der Waals surface area contributed by atoms with Crippen LogP contribution in [0, 0.1) is 28.9 Å². The Balaban J connectivity index is 1.90. The van der Waals surface area contributed by atoms with Gasteiger partial charge in [-0.1, -0.05) is 0 Å². The molecule has 2 aliphatic heterocycles. The molecule has 6 nitrogen and oxygen atoms in total. The quantitative estimate of drug-likeness (QED) is 0.661. The van der Waals surface area contributed by atoms with Crippen molar-refractivity contribution in [2.75, 3.05) is 31.1 Å². The number of nitro groups is 1. The zero-order chi connectivity index (χ0) is 13.6. The van der Waals surface area contributed by atoms with E-state index in [1.165, 1.54) is 6.20 Å². The number of nitrogens with zero attached hydrogens (tertiary/aromatic N) is 3. The van der Waals surface area contributed by atoms with Crippen molar-refractivity contribution in [2.24, 2.45) is 11.8 Å². The summed E-state index contributed by atoms with van der Waals surface area (Å²) in [7, 11) is 0. The zero-order valence-electron chi connectivity index (χ0n) is 10.6. The van der Waals surface area contributed by atoms with Crippen LogP contribution in [-0.4, -0.2) is 36.1 Å². The molecule has 0 unspecified atom stereocenters. The smallest absolute Gasteiger partial charge is 0.291 e. The van der Waals surface area contributed by atoms with Crippen molar-refractivity contribution >= 4 is 27.4 Å². The van der Waals surface area contributed by atoms with Crippen LogP contribution in [0.15, 0.2) is 10.7 Å². The van der Waals surface area contributed by atoms with Crippen molar-refractivity contribution in [2.45, 2.75) is 6.92 Å². The Morgan fingerprint density at radius 1 is 1.47 bits per heavy atom. The van der Waals surface area contributed by atoms with Crippen LogP contribution in [0.25, 0.3) is 0 Å². The van der Waals surface area contributed by atoms with Crippen LogP contribution in [0.4, 0.5) is 11.5 Å². The van der Waals surface area contributed by atoms with E-state index in [4.69, 9.17) is 0 Å². The Morgan fingerprint density at radius 2 is 2.11 bits per heavy atom. The van der Waals surface area contributed by atoms with E-state index in [0.29, 0.717) is 17.4 Å². The van der Waals surface area contributed by atoms with E-state index < -0.39 is 0 Å². The summed E-state index contributed by atoms with van der Waals surface area (Å²) in [6.45, 7) is 5.82. The maximum Gasteiger partial charge on any atom is 0.291 e.